The van der Waals surface area contributed by atoms with Crippen LogP contribution in [0.3, 0.4) is 0 Å². The number of hydrogen-bond donors (Lipinski definition) is 2. The van der Waals surface area contributed by atoms with E-state index in [-0.39, 0.29) is 17.2 Å². The van der Waals surface area contributed by atoms with Crippen LogP contribution in [-0.4, -0.2) is 63.4 Å². The first kappa shape index (κ1) is 17.6. The van der Waals surface area contributed by atoms with Crippen LogP contribution >= 0.6 is 0 Å². The van der Waals surface area contributed by atoms with E-state index in [2.05, 4.69) is 4.98 Å². The molecule has 0 saturated carbocycles. The van der Waals surface area contributed by atoms with Gasteiger partial charge in [-0.25, -0.2) is 4.79 Å². The molecule has 1 atom stereocenters. The standard InChI is InChI=1S/C20H23N3O4/c1-13(24)23-12-20(11-17(23)19(26)27)5-8-22(9-6-20)18(25)15-3-2-14-4-7-21-16(14)10-15/h2-4,7,10,17,21H,5-6,8-9,11-12H2,1H3,(H,26,27). The Morgan fingerprint density at radius 1 is 1.19 bits per heavy atom. The number of fused-ring (bicyclic) bond motifs is 1. The van der Waals surface area contributed by atoms with Crippen molar-refractivity contribution in [3.05, 3.63) is 36.0 Å². The molecule has 1 aromatic carbocycles. The summed E-state index contributed by atoms with van der Waals surface area (Å²) in [5, 5.41) is 10.5. The number of aromatic nitrogens is 1. The van der Waals surface area contributed by atoms with Crippen molar-refractivity contribution in [2.75, 3.05) is 19.6 Å². The number of rotatable bonds is 2. The van der Waals surface area contributed by atoms with Gasteiger partial charge >= 0.3 is 5.97 Å². The minimum atomic E-state index is -0.945. The molecule has 1 spiro atoms. The van der Waals surface area contributed by atoms with Crippen LogP contribution in [0.2, 0.25) is 0 Å². The summed E-state index contributed by atoms with van der Waals surface area (Å²) in [5.41, 5.74) is 1.39. The second-order valence-electron chi connectivity index (χ2n) is 7.78. The summed E-state index contributed by atoms with van der Waals surface area (Å²) in [7, 11) is 0. The van der Waals surface area contributed by atoms with Crippen LogP contribution in [0.1, 0.15) is 36.5 Å². The van der Waals surface area contributed by atoms with Gasteiger partial charge in [0.2, 0.25) is 5.91 Å². The van der Waals surface area contributed by atoms with E-state index >= 15 is 0 Å². The first-order valence-corrected chi connectivity index (χ1v) is 9.25. The number of H-pyrrole nitrogens is 1. The number of carboxylic acids is 1. The maximum atomic E-state index is 12.9. The number of piperidine rings is 1. The molecular weight excluding hydrogens is 346 g/mol. The molecule has 2 saturated heterocycles. The minimum Gasteiger partial charge on any atom is -0.480 e. The number of hydrogen-bond acceptors (Lipinski definition) is 3. The van der Waals surface area contributed by atoms with Gasteiger partial charge in [0.25, 0.3) is 5.91 Å². The van der Waals surface area contributed by atoms with Crippen LogP contribution < -0.4 is 0 Å². The zero-order valence-electron chi connectivity index (χ0n) is 15.3. The largest absolute Gasteiger partial charge is 0.480 e. The molecule has 1 aromatic heterocycles. The summed E-state index contributed by atoms with van der Waals surface area (Å²) in [5.74, 6) is -1.14. The molecule has 0 bridgehead atoms. The maximum absolute atomic E-state index is 12.9. The van der Waals surface area contributed by atoms with Gasteiger partial charge in [-0.1, -0.05) is 6.07 Å². The van der Waals surface area contributed by atoms with Crippen LogP contribution in [0, 0.1) is 5.41 Å². The Kier molecular flexibility index (Phi) is 4.17. The molecule has 0 radical (unpaired) electrons. The molecule has 27 heavy (non-hydrogen) atoms. The summed E-state index contributed by atoms with van der Waals surface area (Å²) in [6, 6.07) is 6.86. The number of benzene rings is 1. The third-order valence-corrected chi connectivity index (χ3v) is 6.11. The fraction of sp³-hybridized carbons (Fsp3) is 0.450. The molecule has 7 heteroatoms. The van der Waals surface area contributed by atoms with Crippen molar-refractivity contribution in [2.45, 2.75) is 32.2 Å². The van der Waals surface area contributed by atoms with Crippen molar-refractivity contribution in [3.8, 4) is 0 Å². The van der Waals surface area contributed by atoms with Crippen LogP contribution in [0.15, 0.2) is 30.5 Å². The topological polar surface area (TPSA) is 93.7 Å². The number of carbonyl (C=O) groups is 3. The monoisotopic (exact) mass is 369 g/mol. The minimum absolute atomic E-state index is 0.00226. The van der Waals surface area contributed by atoms with Gasteiger partial charge < -0.3 is 19.9 Å². The third kappa shape index (κ3) is 3.07. The fourth-order valence-corrected chi connectivity index (χ4v) is 4.52. The molecule has 4 rings (SSSR count). The second kappa shape index (κ2) is 6.40. The van der Waals surface area contributed by atoms with Crippen molar-refractivity contribution in [1.82, 2.24) is 14.8 Å². The average Bonchev–Trinajstić information content (AvgIpc) is 3.26. The predicted octanol–water partition coefficient (Wildman–Crippen LogP) is 2.10. The van der Waals surface area contributed by atoms with E-state index in [0.717, 1.165) is 23.7 Å². The molecule has 2 N–H and O–H groups in total. The Hall–Kier alpha value is -2.83. The first-order chi connectivity index (χ1) is 12.9. The summed E-state index contributed by atoms with van der Waals surface area (Å²) in [6.45, 7) is 3.06. The molecule has 142 valence electrons. The van der Waals surface area contributed by atoms with E-state index in [1.165, 1.54) is 11.8 Å². The van der Waals surface area contributed by atoms with E-state index in [1.807, 2.05) is 35.4 Å². The van der Waals surface area contributed by atoms with E-state index < -0.39 is 12.0 Å². The summed E-state index contributed by atoms with van der Waals surface area (Å²) >= 11 is 0. The van der Waals surface area contributed by atoms with E-state index in [0.29, 0.717) is 31.6 Å². The lowest BCUT2D eigenvalue weighted by Crippen LogP contribution is -2.44. The third-order valence-electron chi connectivity index (χ3n) is 6.11. The zero-order valence-corrected chi connectivity index (χ0v) is 15.3. The lowest BCUT2D eigenvalue weighted by atomic mass is 9.76. The van der Waals surface area contributed by atoms with Crippen LogP contribution in [-0.2, 0) is 9.59 Å². The Morgan fingerprint density at radius 3 is 2.56 bits per heavy atom. The Morgan fingerprint density at radius 2 is 1.93 bits per heavy atom. The number of carbonyl (C=O) groups excluding carboxylic acids is 2. The SMILES string of the molecule is CC(=O)N1CC2(CCN(C(=O)c3ccc4cc[nH]c4c3)CC2)CC1C(=O)O. The number of nitrogens with one attached hydrogen (secondary N) is 1. The van der Waals surface area contributed by atoms with Crippen LogP contribution in [0.5, 0.6) is 0 Å². The van der Waals surface area contributed by atoms with Crippen molar-refractivity contribution in [1.29, 1.82) is 0 Å². The molecule has 1 unspecified atom stereocenters. The molecule has 0 aliphatic carbocycles. The van der Waals surface area contributed by atoms with Crippen molar-refractivity contribution in [2.24, 2.45) is 5.41 Å². The van der Waals surface area contributed by atoms with Crippen molar-refractivity contribution in [3.63, 3.8) is 0 Å². The summed E-state index contributed by atoms with van der Waals surface area (Å²) in [4.78, 5) is 42.6. The number of aromatic amines is 1. The summed E-state index contributed by atoms with van der Waals surface area (Å²) < 4.78 is 0. The Labute approximate surface area is 156 Å². The predicted molar refractivity (Wildman–Crippen MR) is 99.3 cm³/mol. The van der Waals surface area contributed by atoms with E-state index in [1.54, 1.807) is 0 Å². The first-order valence-electron chi connectivity index (χ1n) is 9.25. The highest BCUT2D eigenvalue weighted by Crippen LogP contribution is 2.43. The lowest BCUT2D eigenvalue weighted by Gasteiger charge is -2.39. The molecule has 2 amide bonds. The molecule has 2 aliphatic rings. The van der Waals surface area contributed by atoms with E-state index in [4.69, 9.17) is 0 Å². The highest BCUT2D eigenvalue weighted by atomic mass is 16.4. The number of likely N-dealkylation sites (tertiary alicyclic amines) is 2. The molecule has 3 heterocycles. The van der Waals surface area contributed by atoms with Gasteiger partial charge in [-0.2, -0.15) is 0 Å². The van der Waals surface area contributed by atoms with Gasteiger partial charge in [0.05, 0.1) is 0 Å². The second-order valence-corrected chi connectivity index (χ2v) is 7.78. The smallest absolute Gasteiger partial charge is 0.326 e. The van der Waals surface area contributed by atoms with Gasteiger partial charge in [0, 0.05) is 43.8 Å². The molecule has 2 aliphatic heterocycles. The van der Waals surface area contributed by atoms with Crippen LogP contribution in [0.4, 0.5) is 0 Å². The molecule has 7 nitrogen and oxygen atoms in total. The van der Waals surface area contributed by atoms with E-state index in [9.17, 15) is 19.5 Å². The van der Waals surface area contributed by atoms with Gasteiger partial charge in [-0.15, -0.1) is 0 Å². The van der Waals surface area contributed by atoms with Crippen molar-refractivity contribution < 1.29 is 19.5 Å². The zero-order chi connectivity index (χ0) is 19.2. The highest BCUT2D eigenvalue weighted by Gasteiger charge is 2.49. The number of nitrogens with zero attached hydrogens (tertiary/aromatic N) is 2. The lowest BCUT2D eigenvalue weighted by molar-refractivity contribution is -0.147. The summed E-state index contributed by atoms with van der Waals surface area (Å²) in [6.07, 6.45) is 3.76. The molecular formula is C20H23N3O4. The normalized spacial score (nSPS) is 21.7. The maximum Gasteiger partial charge on any atom is 0.326 e. The molecule has 2 aromatic rings. The van der Waals surface area contributed by atoms with Gasteiger partial charge in [-0.3, -0.25) is 9.59 Å². The quantitative estimate of drug-likeness (QED) is 0.848. The highest BCUT2D eigenvalue weighted by molar-refractivity contribution is 5.98. The van der Waals surface area contributed by atoms with Gasteiger partial charge in [0.1, 0.15) is 6.04 Å². The average molecular weight is 369 g/mol. The Bertz CT molecular complexity index is 887. The molecule has 2 fully saturated rings. The number of carboxylic acid groups (broad SMARTS) is 1. The van der Waals surface area contributed by atoms with Gasteiger partial charge in [0.15, 0.2) is 0 Å². The number of aliphatic carboxylic acids is 1. The number of amides is 2. The Balaban J connectivity index is 1.46. The fourth-order valence-electron chi connectivity index (χ4n) is 4.52. The van der Waals surface area contributed by atoms with Crippen LogP contribution in [0.25, 0.3) is 10.9 Å². The van der Waals surface area contributed by atoms with Gasteiger partial charge in [-0.05, 0) is 48.3 Å². The van der Waals surface area contributed by atoms with Crippen molar-refractivity contribution >= 4 is 28.7 Å².